The summed E-state index contributed by atoms with van der Waals surface area (Å²) in [6.07, 6.45) is 0. The molecule has 0 saturated carbocycles. The number of nitrogens with zero attached hydrogens (tertiary/aromatic N) is 1. The highest BCUT2D eigenvalue weighted by Gasteiger charge is 2.09. The van der Waals surface area contributed by atoms with Crippen LogP contribution in [-0.2, 0) is 0 Å². The predicted octanol–water partition coefficient (Wildman–Crippen LogP) is 5.36. The molecule has 2 aromatic carbocycles. The minimum absolute atomic E-state index is 0.897. The van der Waals surface area contributed by atoms with E-state index in [1.165, 1.54) is 3.57 Å². The molecule has 1 aromatic heterocycles. The average Bonchev–Trinajstić information content (AvgIpc) is 2.74. The van der Waals surface area contributed by atoms with E-state index in [1.54, 1.807) is 0 Å². The van der Waals surface area contributed by atoms with Gasteiger partial charge in [-0.15, -0.1) is 0 Å². The number of aromatic nitrogens is 2. The van der Waals surface area contributed by atoms with Crippen LogP contribution in [0, 0.1) is 3.57 Å². The number of hydrogen-bond donors (Lipinski definition) is 1. The monoisotopic (exact) mass is 476 g/mol. The number of nitrogens with one attached hydrogen (secondary N) is 1. The van der Waals surface area contributed by atoms with Crippen molar-refractivity contribution in [1.82, 2.24) is 9.97 Å². The molecule has 0 bridgehead atoms. The number of imidazole rings is 1. The predicted molar refractivity (Wildman–Crippen MR) is 89.6 cm³/mol. The highest BCUT2D eigenvalue weighted by atomic mass is 127. The van der Waals surface area contributed by atoms with Crippen LogP contribution >= 0.6 is 54.5 Å². The van der Waals surface area contributed by atoms with Gasteiger partial charge in [-0.05, 0) is 59.0 Å². The molecule has 0 amide bonds. The first-order valence-electron chi connectivity index (χ1n) is 5.24. The Kier molecular flexibility index (Phi) is 3.46. The van der Waals surface area contributed by atoms with Gasteiger partial charge in [-0.3, -0.25) is 0 Å². The third-order valence-corrected chi connectivity index (χ3v) is 4.55. The van der Waals surface area contributed by atoms with Crippen LogP contribution in [0.1, 0.15) is 0 Å². The van der Waals surface area contributed by atoms with Gasteiger partial charge in [0.2, 0.25) is 0 Å². The Hall–Kier alpha value is -0.400. The smallest absolute Gasteiger partial charge is 0.139 e. The second kappa shape index (κ2) is 4.94. The van der Waals surface area contributed by atoms with Crippen molar-refractivity contribution in [2.45, 2.75) is 0 Å². The first kappa shape index (κ1) is 12.6. The van der Waals surface area contributed by atoms with Gasteiger partial charge in [-0.1, -0.05) is 31.9 Å². The minimum atomic E-state index is 0.897. The summed E-state index contributed by atoms with van der Waals surface area (Å²) in [5.41, 5.74) is 3.12. The van der Waals surface area contributed by atoms with Gasteiger partial charge < -0.3 is 4.98 Å². The lowest BCUT2D eigenvalue weighted by molar-refractivity contribution is 1.32. The van der Waals surface area contributed by atoms with Crippen molar-refractivity contribution in [2.24, 2.45) is 0 Å². The zero-order valence-corrected chi connectivity index (χ0v) is 14.4. The van der Waals surface area contributed by atoms with Crippen molar-refractivity contribution >= 4 is 65.5 Å². The van der Waals surface area contributed by atoms with Crippen molar-refractivity contribution < 1.29 is 0 Å². The normalized spacial score (nSPS) is 11.1. The molecule has 90 valence electrons. The Bertz CT molecular complexity index is 737. The molecule has 3 aromatic rings. The van der Waals surface area contributed by atoms with E-state index in [9.17, 15) is 0 Å². The lowest BCUT2D eigenvalue weighted by Crippen LogP contribution is -1.84. The zero-order valence-electron chi connectivity index (χ0n) is 9.05. The molecule has 0 saturated heterocycles. The second-order valence-electron chi connectivity index (χ2n) is 3.87. The lowest BCUT2D eigenvalue weighted by atomic mass is 10.2. The summed E-state index contributed by atoms with van der Waals surface area (Å²) in [4.78, 5) is 7.98. The van der Waals surface area contributed by atoms with Crippen molar-refractivity contribution in [2.75, 3.05) is 0 Å². The molecule has 1 heterocycles. The van der Waals surface area contributed by atoms with Gasteiger partial charge in [0, 0.05) is 18.1 Å². The molecule has 18 heavy (non-hydrogen) atoms. The number of halogens is 3. The van der Waals surface area contributed by atoms with Crippen molar-refractivity contribution in [3.05, 3.63) is 48.9 Å². The first-order chi connectivity index (χ1) is 8.63. The summed E-state index contributed by atoms with van der Waals surface area (Å²) in [5, 5.41) is 0. The Morgan fingerprint density at radius 3 is 2.56 bits per heavy atom. The summed E-state index contributed by atoms with van der Waals surface area (Å²) >= 11 is 9.29. The van der Waals surface area contributed by atoms with E-state index < -0.39 is 0 Å². The molecule has 0 radical (unpaired) electrons. The molecule has 5 heteroatoms. The maximum absolute atomic E-state index is 4.62. The molecule has 0 aliphatic carbocycles. The first-order valence-corrected chi connectivity index (χ1v) is 7.90. The van der Waals surface area contributed by atoms with Crippen LogP contribution in [0.3, 0.4) is 0 Å². The number of rotatable bonds is 1. The fourth-order valence-corrected chi connectivity index (χ4v) is 3.10. The van der Waals surface area contributed by atoms with Gasteiger partial charge >= 0.3 is 0 Å². The van der Waals surface area contributed by atoms with E-state index in [2.05, 4.69) is 76.6 Å². The average molecular weight is 478 g/mol. The van der Waals surface area contributed by atoms with Gasteiger partial charge in [0.15, 0.2) is 0 Å². The fourth-order valence-electron chi connectivity index (χ4n) is 1.79. The molecular formula is C13H7Br2IN2. The maximum atomic E-state index is 4.62. The second-order valence-corrected chi connectivity index (χ2v) is 6.86. The number of fused-ring (bicyclic) bond motifs is 1. The quantitative estimate of drug-likeness (QED) is 0.470. The van der Waals surface area contributed by atoms with Crippen molar-refractivity contribution in [3.8, 4) is 11.4 Å². The number of aromatic amines is 1. The molecule has 1 N–H and O–H groups in total. The SMILES string of the molecule is Brc1ccc(I)c(-c2nc3ccc(Br)cc3[nH]2)c1. The van der Waals surface area contributed by atoms with Crippen LogP contribution in [0.2, 0.25) is 0 Å². The summed E-state index contributed by atoms with van der Waals surface area (Å²) in [5.74, 6) is 0.897. The summed E-state index contributed by atoms with van der Waals surface area (Å²) < 4.78 is 3.28. The van der Waals surface area contributed by atoms with Gasteiger partial charge in [-0.2, -0.15) is 0 Å². The third kappa shape index (κ3) is 2.35. The van der Waals surface area contributed by atoms with Crippen molar-refractivity contribution in [3.63, 3.8) is 0 Å². The maximum Gasteiger partial charge on any atom is 0.139 e. The topological polar surface area (TPSA) is 28.7 Å². The number of hydrogen-bond acceptors (Lipinski definition) is 1. The molecule has 0 aliphatic heterocycles. The van der Waals surface area contributed by atoms with Crippen LogP contribution in [0.25, 0.3) is 22.4 Å². The lowest BCUT2D eigenvalue weighted by Gasteiger charge is -2.01. The largest absolute Gasteiger partial charge is 0.338 e. The molecule has 3 rings (SSSR count). The molecule has 2 nitrogen and oxygen atoms in total. The van der Waals surface area contributed by atoms with E-state index in [0.29, 0.717) is 0 Å². The summed E-state index contributed by atoms with van der Waals surface area (Å²) in [7, 11) is 0. The highest BCUT2D eigenvalue weighted by molar-refractivity contribution is 14.1. The van der Waals surface area contributed by atoms with Crippen LogP contribution < -0.4 is 0 Å². The molecule has 0 unspecified atom stereocenters. The number of benzene rings is 2. The van der Waals surface area contributed by atoms with Gasteiger partial charge in [-0.25, -0.2) is 4.98 Å². The fraction of sp³-hybridized carbons (Fsp3) is 0. The standard InChI is InChI=1S/C13H7Br2IN2/c14-7-1-3-10(16)9(5-7)13-17-11-4-2-8(15)6-12(11)18-13/h1-6H,(H,17,18). The highest BCUT2D eigenvalue weighted by Crippen LogP contribution is 2.28. The Labute approximate surface area is 135 Å². The van der Waals surface area contributed by atoms with Crippen LogP contribution in [0.4, 0.5) is 0 Å². The van der Waals surface area contributed by atoms with E-state index >= 15 is 0 Å². The van der Waals surface area contributed by atoms with Crippen LogP contribution in [0.15, 0.2) is 45.3 Å². The Morgan fingerprint density at radius 2 is 1.72 bits per heavy atom. The Morgan fingerprint density at radius 1 is 1.00 bits per heavy atom. The van der Waals surface area contributed by atoms with Gasteiger partial charge in [0.1, 0.15) is 5.82 Å². The van der Waals surface area contributed by atoms with E-state index in [1.807, 2.05) is 24.3 Å². The summed E-state index contributed by atoms with van der Waals surface area (Å²) in [6, 6.07) is 12.2. The number of H-pyrrole nitrogens is 1. The van der Waals surface area contributed by atoms with E-state index in [-0.39, 0.29) is 0 Å². The molecule has 0 spiro atoms. The molecular weight excluding hydrogens is 471 g/mol. The minimum Gasteiger partial charge on any atom is -0.338 e. The van der Waals surface area contributed by atoms with Gasteiger partial charge in [0.05, 0.1) is 11.0 Å². The van der Waals surface area contributed by atoms with Crippen LogP contribution in [0.5, 0.6) is 0 Å². The summed E-state index contributed by atoms with van der Waals surface area (Å²) in [6.45, 7) is 0. The van der Waals surface area contributed by atoms with Crippen molar-refractivity contribution in [1.29, 1.82) is 0 Å². The third-order valence-electron chi connectivity index (χ3n) is 2.63. The van der Waals surface area contributed by atoms with E-state index in [4.69, 9.17) is 0 Å². The Balaban J connectivity index is 2.22. The molecule has 0 atom stereocenters. The molecule has 0 fully saturated rings. The van der Waals surface area contributed by atoms with Gasteiger partial charge in [0.25, 0.3) is 0 Å². The van der Waals surface area contributed by atoms with Crippen LogP contribution in [-0.4, -0.2) is 9.97 Å². The zero-order chi connectivity index (χ0) is 12.7. The molecule has 0 aliphatic rings. The van der Waals surface area contributed by atoms with E-state index in [0.717, 1.165) is 31.4 Å².